The standard InChI is InChI=1S/C21H21F3N4O2S/c1-13-16-12-17(19(30)25-8-4-10-27-9-3-7-18(27)29)31-20(16)28(26-13)15-6-2-5-14(11-15)21(22,23)24/h2,5-6,11-12H,3-4,7-10H2,1H3,(H,25,30). The van der Waals surface area contributed by atoms with Crippen molar-refractivity contribution in [1.82, 2.24) is 20.0 Å². The minimum Gasteiger partial charge on any atom is -0.351 e. The Bertz CT molecular complexity index is 1140. The highest BCUT2D eigenvalue weighted by Crippen LogP contribution is 2.33. The third kappa shape index (κ3) is 4.43. The van der Waals surface area contributed by atoms with Gasteiger partial charge in [-0.2, -0.15) is 18.3 Å². The van der Waals surface area contributed by atoms with E-state index < -0.39 is 11.7 Å². The summed E-state index contributed by atoms with van der Waals surface area (Å²) in [4.78, 5) is 27.1. The van der Waals surface area contributed by atoms with E-state index in [2.05, 4.69) is 10.4 Å². The van der Waals surface area contributed by atoms with Crippen LogP contribution in [0.25, 0.3) is 15.9 Å². The summed E-state index contributed by atoms with van der Waals surface area (Å²) in [5.74, 6) is -0.0885. The number of nitrogens with zero attached hydrogens (tertiary/aromatic N) is 3. The van der Waals surface area contributed by atoms with E-state index in [1.807, 2.05) is 0 Å². The number of benzene rings is 1. The molecule has 0 spiro atoms. The number of hydrogen-bond donors (Lipinski definition) is 1. The van der Waals surface area contributed by atoms with Gasteiger partial charge < -0.3 is 10.2 Å². The average Bonchev–Trinajstić information content (AvgIpc) is 3.41. The SMILES string of the molecule is Cc1nn(-c2cccc(C(F)(F)F)c2)c2sc(C(=O)NCCCN3CCCC3=O)cc12. The lowest BCUT2D eigenvalue weighted by molar-refractivity contribution is -0.137. The fourth-order valence-corrected chi connectivity index (χ4v) is 4.75. The Kier molecular flexibility index (Phi) is 5.74. The molecular weight excluding hydrogens is 429 g/mol. The maximum atomic E-state index is 13.1. The van der Waals surface area contributed by atoms with Gasteiger partial charge >= 0.3 is 6.18 Å². The van der Waals surface area contributed by atoms with Crippen molar-refractivity contribution in [1.29, 1.82) is 0 Å². The van der Waals surface area contributed by atoms with Crippen molar-refractivity contribution in [2.45, 2.75) is 32.4 Å². The van der Waals surface area contributed by atoms with E-state index in [0.717, 1.165) is 30.5 Å². The van der Waals surface area contributed by atoms with E-state index in [0.29, 0.717) is 41.3 Å². The number of thiophene rings is 1. The molecule has 164 valence electrons. The average molecular weight is 450 g/mol. The highest BCUT2D eigenvalue weighted by atomic mass is 32.1. The lowest BCUT2D eigenvalue weighted by Crippen LogP contribution is -2.30. The van der Waals surface area contributed by atoms with Crippen LogP contribution in [0, 0.1) is 6.92 Å². The van der Waals surface area contributed by atoms with E-state index in [9.17, 15) is 22.8 Å². The van der Waals surface area contributed by atoms with Gasteiger partial charge in [-0.05, 0) is 44.0 Å². The summed E-state index contributed by atoms with van der Waals surface area (Å²) in [6.45, 7) is 3.59. The van der Waals surface area contributed by atoms with E-state index in [1.165, 1.54) is 22.1 Å². The fraction of sp³-hybridized carbons (Fsp3) is 0.381. The van der Waals surface area contributed by atoms with Crippen molar-refractivity contribution < 1.29 is 22.8 Å². The Morgan fingerprint density at radius 1 is 1.29 bits per heavy atom. The zero-order valence-electron chi connectivity index (χ0n) is 16.8. The van der Waals surface area contributed by atoms with Crippen LogP contribution in [0.5, 0.6) is 0 Å². The van der Waals surface area contributed by atoms with Gasteiger partial charge in [0.1, 0.15) is 4.83 Å². The number of rotatable bonds is 6. The molecule has 31 heavy (non-hydrogen) atoms. The van der Waals surface area contributed by atoms with Gasteiger partial charge in [0.05, 0.1) is 21.8 Å². The summed E-state index contributed by atoms with van der Waals surface area (Å²) in [7, 11) is 0. The maximum absolute atomic E-state index is 13.1. The number of carbonyl (C=O) groups excluding carboxylic acids is 2. The van der Waals surface area contributed by atoms with E-state index in [4.69, 9.17) is 0 Å². The molecule has 6 nitrogen and oxygen atoms in total. The Morgan fingerprint density at radius 3 is 2.81 bits per heavy atom. The van der Waals surface area contributed by atoms with Gasteiger partial charge in [0, 0.05) is 31.4 Å². The van der Waals surface area contributed by atoms with Crippen molar-refractivity contribution in [2.24, 2.45) is 0 Å². The van der Waals surface area contributed by atoms with Gasteiger partial charge in [0.2, 0.25) is 5.91 Å². The fourth-order valence-electron chi connectivity index (χ4n) is 3.65. The number of fused-ring (bicyclic) bond motifs is 1. The predicted octanol–water partition coefficient (Wildman–Crippen LogP) is 4.16. The van der Waals surface area contributed by atoms with Crippen LogP contribution in [0.2, 0.25) is 0 Å². The van der Waals surface area contributed by atoms with Crippen molar-refractivity contribution in [3.05, 3.63) is 46.5 Å². The number of amides is 2. The number of aryl methyl sites for hydroxylation is 1. The maximum Gasteiger partial charge on any atom is 0.416 e. The molecule has 1 fully saturated rings. The second-order valence-electron chi connectivity index (χ2n) is 7.47. The number of carbonyl (C=O) groups is 2. The van der Waals surface area contributed by atoms with Gasteiger partial charge in [-0.3, -0.25) is 9.59 Å². The first-order valence-electron chi connectivity index (χ1n) is 9.97. The molecule has 1 aliphatic heterocycles. The molecule has 2 amide bonds. The van der Waals surface area contributed by atoms with Crippen LogP contribution in [-0.4, -0.2) is 46.1 Å². The van der Waals surface area contributed by atoms with Gasteiger partial charge in [-0.25, -0.2) is 4.68 Å². The Labute approximate surface area is 180 Å². The van der Waals surface area contributed by atoms with Crippen LogP contribution in [0.3, 0.4) is 0 Å². The number of nitrogens with one attached hydrogen (secondary N) is 1. The van der Waals surface area contributed by atoms with Gasteiger partial charge in [-0.15, -0.1) is 11.3 Å². The zero-order valence-corrected chi connectivity index (χ0v) is 17.6. The van der Waals surface area contributed by atoms with E-state index >= 15 is 0 Å². The smallest absolute Gasteiger partial charge is 0.351 e. The normalized spacial score (nSPS) is 14.6. The minimum atomic E-state index is -4.45. The third-order valence-corrected chi connectivity index (χ3v) is 6.36. The van der Waals surface area contributed by atoms with Crippen molar-refractivity contribution >= 4 is 33.4 Å². The van der Waals surface area contributed by atoms with E-state index in [-0.39, 0.29) is 17.5 Å². The predicted molar refractivity (Wildman–Crippen MR) is 111 cm³/mol. The second-order valence-corrected chi connectivity index (χ2v) is 8.50. The Hall–Kier alpha value is -2.88. The minimum absolute atomic E-state index is 0.158. The topological polar surface area (TPSA) is 67.2 Å². The second kappa shape index (κ2) is 8.33. The number of alkyl halides is 3. The lowest BCUT2D eigenvalue weighted by Gasteiger charge is -2.15. The number of hydrogen-bond acceptors (Lipinski definition) is 4. The van der Waals surface area contributed by atoms with Gasteiger partial charge in [0.15, 0.2) is 0 Å². The molecule has 1 aliphatic rings. The quantitative estimate of drug-likeness (QED) is 0.574. The molecule has 1 aromatic carbocycles. The molecule has 0 aliphatic carbocycles. The molecule has 0 radical (unpaired) electrons. The largest absolute Gasteiger partial charge is 0.416 e. The molecule has 0 atom stereocenters. The van der Waals surface area contributed by atoms with Crippen molar-refractivity contribution in [3.63, 3.8) is 0 Å². The van der Waals surface area contributed by atoms with Crippen LogP contribution >= 0.6 is 11.3 Å². The highest BCUT2D eigenvalue weighted by molar-refractivity contribution is 7.20. The van der Waals surface area contributed by atoms with Crippen molar-refractivity contribution in [2.75, 3.05) is 19.6 Å². The molecule has 10 heteroatoms. The summed E-state index contributed by atoms with van der Waals surface area (Å²) in [5, 5.41) is 7.94. The summed E-state index contributed by atoms with van der Waals surface area (Å²) >= 11 is 1.19. The van der Waals surface area contributed by atoms with E-state index in [1.54, 1.807) is 24.0 Å². The lowest BCUT2D eigenvalue weighted by atomic mass is 10.2. The molecule has 3 aromatic rings. The molecule has 2 aromatic heterocycles. The van der Waals surface area contributed by atoms with Crippen LogP contribution in [0.15, 0.2) is 30.3 Å². The summed E-state index contributed by atoms with van der Waals surface area (Å²) in [6.07, 6.45) is -2.30. The molecule has 0 bridgehead atoms. The summed E-state index contributed by atoms with van der Waals surface area (Å²) in [5.41, 5.74) is 0.171. The van der Waals surface area contributed by atoms with Crippen LogP contribution in [0.1, 0.15) is 40.2 Å². The summed E-state index contributed by atoms with van der Waals surface area (Å²) < 4.78 is 40.7. The molecule has 4 rings (SSSR count). The number of aromatic nitrogens is 2. The number of halogens is 3. The van der Waals surface area contributed by atoms with Gasteiger partial charge in [0.25, 0.3) is 5.91 Å². The molecular formula is C21H21F3N4O2S. The van der Waals surface area contributed by atoms with Crippen LogP contribution in [-0.2, 0) is 11.0 Å². The monoisotopic (exact) mass is 450 g/mol. The van der Waals surface area contributed by atoms with Crippen LogP contribution < -0.4 is 5.32 Å². The highest BCUT2D eigenvalue weighted by Gasteiger charge is 2.31. The van der Waals surface area contributed by atoms with Crippen LogP contribution in [0.4, 0.5) is 13.2 Å². The molecule has 1 N–H and O–H groups in total. The van der Waals surface area contributed by atoms with Crippen molar-refractivity contribution in [3.8, 4) is 5.69 Å². The molecule has 0 unspecified atom stereocenters. The zero-order chi connectivity index (χ0) is 22.2. The Balaban J connectivity index is 1.48. The van der Waals surface area contributed by atoms with Gasteiger partial charge in [-0.1, -0.05) is 6.07 Å². The first-order chi connectivity index (χ1) is 14.7. The first kappa shape index (κ1) is 21.4. The Morgan fingerprint density at radius 2 is 2.10 bits per heavy atom. The molecule has 3 heterocycles. The first-order valence-corrected chi connectivity index (χ1v) is 10.8. The summed E-state index contributed by atoms with van der Waals surface area (Å²) in [6, 6.07) is 6.67. The molecule has 0 saturated carbocycles. The third-order valence-electron chi connectivity index (χ3n) is 5.25. The molecule has 1 saturated heterocycles. The number of likely N-dealkylation sites (tertiary alicyclic amines) is 1.